The van der Waals surface area contributed by atoms with Gasteiger partial charge in [-0.1, -0.05) is 12.1 Å². The number of hydrogen-bond donors (Lipinski definition) is 2. The molecule has 124 valence electrons. The molecule has 0 aliphatic carbocycles. The second-order valence-electron chi connectivity index (χ2n) is 5.30. The number of aromatic nitrogens is 1. The van der Waals surface area contributed by atoms with Crippen molar-refractivity contribution in [1.29, 1.82) is 0 Å². The van der Waals surface area contributed by atoms with Crippen molar-refractivity contribution in [2.75, 3.05) is 27.2 Å². The first kappa shape index (κ1) is 16.9. The molecular weight excluding hydrogens is 288 g/mol. The van der Waals surface area contributed by atoms with Crippen LogP contribution < -0.4 is 15.4 Å². The van der Waals surface area contributed by atoms with Crippen molar-refractivity contribution >= 4 is 5.96 Å². The van der Waals surface area contributed by atoms with Crippen LogP contribution >= 0.6 is 0 Å². The molecule has 0 spiro atoms. The Kier molecular flexibility index (Phi) is 7.04. The summed E-state index contributed by atoms with van der Waals surface area (Å²) in [6.45, 7) is 2.67. The lowest BCUT2D eigenvalue weighted by molar-refractivity contribution is 0.414. The third kappa shape index (κ3) is 6.06. The Morgan fingerprint density at radius 3 is 2.65 bits per heavy atom. The van der Waals surface area contributed by atoms with Crippen LogP contribution in [0.4, 0.5) is 0 Å². The molecule has 0 saturated carbocycles. The Bertz CT molecular complexity index is 593. The number of hydrogen-bond acceptors (Lipinski definition) is 2. The van der Waals surface area contributed by atoms with Crippen molar-refractivity contribution in [1.82, 2.24) is 15.2 Å². The highest BCUT2D eigenvalue weighted by atomic mass is 16.5. The Morgan fingerprint density at radius 1 is 1.13 bits per heavy atom. The van der Waals surface area contributed by atoms with E-state index in [9.17, 15) is 0 Å². The summed E-state index contributed by atoms with van der Waals surface area (Å²) in [7, 11) is 3.50. The lowest BCUT2D eigenvalue weighted by Crippen LogP contribution is -2.39. The van der Waals surface area contributed by atoms with Gasteiger partial charge < -0.3 is 19.9 Å². The molecule has 0 amide bonds. The highest BCUT2D eigenvalue weighted by Crippen LogP contribution is 2.13. The normalized spacial score (nSPS) is 11.3. The third-order valence-corrected chi connectivity index (χ3v) is 3.62. The van der Waals surface area contributed by atoms with Crippen LogP contribution in [0.3, 0.4) is 0 Å². The van der Waals surface area contributed by atoms with Crippen LogP contribution in [0.1, 0.15) is 12.0 Å². The molecule has 2 aromatic rings. The SMILES string of the molecule is CN=C(NCCCc1cccc(OC)c1)NCCn1cccc1. The molecule has 5 nitrogen and oxygen atoms in total. The van der Waals surface area contributed by atoms with E-state index in [0.717, 1.165) is 44.2 Å². The molecule has 0 aliphatic heterocycles. The highest BCUT2D eigenvalue weighted by Gasteiger charge is 1.99. The van der Waals surface area contributed by atoms with E-state index in [2.05, 4.69) is 44.7 Å². The van der Waals surface area contributed by atoms with E-state index in [1.807, 2.05) is 24.3 Å². The minimum absolute atomic E-state index is 0.850. The molecule has 2 rings (SSSR count). The van der Waals surface area contributed by atoms with Gasteiger partial charge in [0.05, 0.1) is 7.11 Å². The maximum atomic E-state index is 5.24. The summed E-state index contributed by atoms with van der Waals surface area (Å²) in [4.78, 5) is 4.24. The minimum Gasteiger partial charge on any atom is -0.497 e. The fraction of sp³-hybridized carbons (Fsp3) is 0.389. The molecule has 0 radical (unpaired) electrons. The summed E-state index contributed by atoms with van der Waals surface area (Å²) >= 11 is 0. The first-order valence-electron chi connectivity index (χ1n) is 8.00. The molecule has 1 aromatic heterocycles. The third-order valence-electron chi connectivity index (χ3n) is 3.62. The number of guanidine groups is 1. The molecule has 0 bridgehead atoms. The van der Waals surface area contributed by atoms with Crippen LogP contribution in [0.15, 0.2) is 53.8 Å². The zero-order valence-corrected chi connectivity index (χ0v) is 14.0. The number of ether oxygens (including phenoxy) is 1. The second-order valence-corrected chi connectivity index (χ2v) is 5.30. The summed E-state index contributed by atoms with van der Waals surface area (Å²) in [5, 5.41) is 6.67. The summed E-state index contributed by atoms with van der Waals surface area (Å²) in [6, 6.07) is 12.3. The fourth-order valence-corrected chi connectivity index (χ4v) is 2.37. The standard InChI is InChI=1S/C18H26N4O/c1-19-18(21-11-14-22-12-3-4-13-22)20-10-6-8-16-7-5-9-17(15-16)23-2/h3-5,7,9,12-13,15H,6,8,10-11,14H2,1-2H3,(H2,19,20,21). The first-order valence-corrected chi connectivity index (χ1v) is 8.00. The van der Waals surface area contributed by atoms with E-state index in [1.165, 1.54) is 5.56 Å². The molecule has 0 aliphatic rings. The first-order chi connectivity index (χ1) is 11.3. The number of rotatable bonds is 8. The molecule has 0 fully saturated rings. The largest absolute Gasteiger partial charge is 0.497 e. The van der Waals surface area contributed by atoms with Crippen molar-refractivity contribution in [3.05, 3.63) is 54.4 Å². The average molecular weight is 314 g/mol. The minimum atomic E-state index is 0.850. The molecule has 1 heterocycles. The van der Waals surface area contributed by atoms with E-state index in [4.69, 9.17) is 4.74 Å². The second kappa shape index (κ2) is 9.56. The lowest BCUT2D eigenvalue weighted by Gasteiger charge is -2.12. The molecule has 23 heavy (non-hydrogen) atoms. The lowest BCUT2D eigenvalue weighted by atomic mass is 10.1. The Hall–Kier alpha value is -2.43. The molecular formula is C18H26N4O. The van der Waals surface area contributed by atoms with E-state index < -0.39 is 0 Å². The van der Waals surface area contributed by atoms with Crippen LogP contribution in [-0.2, 0) is 13.0 Å². The predicted octanol–water partition coefficient (Wildman–Crippen LogP) is 2.29. The number of aliphatic imine (C=N–C) groups is 1. The van der Waals surface area contributed by atoms with Gasteiger partial charge >= 0.3 is 0 Å². The number of nitrogens with one attached hydrogen (secondary N) is 2. The number of nitrogens with zero attached hydrogens (tertiary/aromatic N) is 2. The van der Waals surface area contributed by atoms with Crippen LogP contribution in [0.2, 0.25) is 0 Å². The van der Waals surface area contributed by atoms with Gasteiger partial charge in [-0.05, 0) is 42.7 Å². The van der Waals surface area contributed by atoms with E-state index >= 15 is 0 Å². The van der Waals surface area contributed by atoms with E-state index in [1.54, 1.807) is 14.2 Å². The van der Waals surface area contributed by atoms with Crippen molar-refractivity contribution < 1.29 is 4.74 Å². The van der Waals surface area contributed by atoms with Gasteiger partial charge in [0.2, 0.25) is 0 Å². The molecule has 2 N–H and O–H groups in total. The van der Waals surface area contributed by atoms with Gasteiger partial charge in [0.1, 0.15) is 5.75 Å². The van der Waals surface area contributed by atoms with Gasteiger partial charge in [0.25, 0.3) is 0 Å². The van der Waals surface area contributed by atoms with Crippen LogP contribution in [-0.4, -0.2) is 37.8 Å². The Balaban J connectivity index is 1.63. The number of benzene rings is 1. The Morgan fingerprint density at radius 2 is 1.91 bits per heavy atom. The van der Waals surface area contributed by atoms with Crippen molar-refractivity contribution in [2.45, 2.75) is 19.4 Å². The number of aryl methyl sites for hydroxylation is 1. The quantitative estimate of drug-likeness (QED) is 0.446. The van der Waals surface area contributed by atoms with Gasteiger partial charge in [-0.25, -0.2) is 0 Å². The zero-order valence-electron chi connectivity index (χ0n) is 14.0. The molecule has 0 atom stereocenters. The predicted molar refractivity (Wildman–Crippen MR) is 95.1 cm³/mol. The Labute approximate surface area is 138 Å². The maximum Gasteiger partial charge on any atom is 0.191 e. The zero-order chi connectivity index (χ0) is 16.3. The van der Waals surface area contributed by atoms with Gasteiger partial charge in [-0.3, -0.25) is 4.99 Å². The van der Waals surface area contributed by atoms with Gasteiger partial charge in [-0.15, -0.1) is 0 Å². The van der Waals surface area contributed by atoms with Crippen molar-refractivity contribution in [2.24, 2.45) is 4.99 Å². The average Bonchev–Trinajstić information content (AvgIpc) is 3.10. The molecule has 5 heteroatoms. The summed E-state index contributed by atoms with van der Waals surface area (Å²) in [6.07, 6.45) is 6.19. The monoisotopic (exact) mass is 314 g/mol. The van der Waals surface area contributed by atoms with Crippen LogP contribution in [0.25, 0.3) is 0 Å². The van der Waals surface area contributed by atoms with Gasteiger partial charge in [0.15, 0.2) is 5.96 Å². The summed E-state index contributed by atoms with van der Waals surface area (Å²) in [5.74, 6) is 1.76. The topological polar surface area (TPSA) is 50.6 Å². The smallest absolute Gasteiger partial charge is 0.191 e. The molecule has 0 unspecified atom stereocenters. The van der Waals surface area contributed by atoms with Gasteiger partial charge in [-0.2, -0.15) is 0 Å². The van der Waals surface area contributed by atoms with Gasteiger partial charge in [0, 0.05) is 39.1 Å². The van der Waals surface area contributed by atoms with Crippen molar-refractivity contribution in [3.63, 3.8) is 0 Å². The summed E-state index contributed by atoms with van der Waals surface area (Å²) in [5.41, 5.74) is 1.29. The van der Waals surface area contributed by atoms with Crippen LogP contribution in [0.5, 0.6) is 5.75 Å². The highest BCUT2D eigenvalue weighted by molar-refractivity contribution is 5.79. The maximum absolute atomic E-state index is 5.24. The molecule has 1 aromatic carbocycles. The number of methoxy groups -OCH3 is 1. The van der Waals surface area contributed by atoms with Crippen molar-refractivity contribution in [3.8, 4) is 5.75 Å². The van der Waals surface area contributed by atoms with E-state index in [0.29, 0.717) is 0 Å². The van der Waals surface area contributed by atoms with E-state index in [-0.39, 0.29) is 0 Å². The molecule has 0 saturated heterocycles. The van der Waals surface area contributed by atoms with Crippen LogP contribution in [0, 0.1) is 0 Å². The summed E-state index contributed by atoms with van der Waals surface area (Å²) < 4.78 is 7.39. The fourth-order valence-electron chi connectivity index (χ4n) is 2.37.